The summed E-state index contributed by atoms with van der Waals surface area (Å²) in [5.74, 6) is -1.39. The molecule has 1 aromatic carbocycles. The minimum atomic E-state index is -0.786. The topological polar surface area (TPSA) is 72.9 Å². The van der Waals surface area contributed by atoms with Crippen molar-refractivity contribution in [2.24, 2.45) is 5.92 Å². The number of carboxylic acid groups (broad SMARTS) is 1. The molecule has 0 atom stereocenters. The first-order valence-electron chi connectivity index (χ1n) is 8.20. The molecule has 1 fully saturated rings. The number of anilines is 1. The van der Waals surface area contributed by atoms with Crippen LogP contribution in [-0.2, 0) is 4.79 Å². The highest BCUT2D eigenvalue weighted by molar-refractivity contribution is 5.75. The highest BCUT2D eigenvalue weighted by Crippen LogP contribution is 2.18. The van der Waals surface area contributed by atoms with E-state index in [1.165, 1.54) is 6.07 Å². The number of carbonyl (C=O) groups is 2. The predicted octanol–water partition coefficient (Wildman–Crippen LogP) is 2.16. The van der Waals surface area contributed by atoms with Crippen LogP contribution in [0.5, 0.6) is 0 Å². The van der Waals surface area contributed by atoms with Gasteiger partial charge in [0, 0.05) is 33.2 Å². The van der Waals surface area contributed by atoms with Gasteiger partial charge in [0.15, 0.2) is 0 Å². The van der Waals surface area contributed by atoms with Crippen LogP contribution in [0, 0.1) is 11.7 Å². The lowest BCUT2D eigenvalue weighted by Gasteiger charge is -2.30. The zero-order valence-corrected chi connectivity index (χ0v) is 13.9. The Hall–Kier alpha value is -2.31. The maximum absolute atomic E-state index is 13.6. The van der Waals surface area contributed by atoms with E-state index in [0.717, 1.165) is 0 Å². The monoisotopic (exact) mass is 337 g/mol. The molecule has 1 heterocycles. The summed E-state index contributed by atoms with van der Waals surface area (Å²) in [5, 5.41) is 11.8. The maximum Gasteiger partial charge on any atom is 0.317 e. The molecular formula is C17H24FN3O3. The molecule has 0 spiro atoms. The first kappa shape index (κ1) is 18.0. The second kappa shape index (κ2) is 8.52. The van der Waals surface area contributed by atoms with Gasteiger partial charge >= 0.3 is 12.0 Å². The van der Waals surface area contributed by atoms with Crippen molar-refractivity contribution in [3.8, 4) is 0 Å². The third kappa shape index (κ3) is 4.84. The highest BCUT2D eigenvalue weighted by atomic mass is 19.1. The van der Waals surface area contributed by atoms with Gasteiger partial charge < -0.3 is 20.2 Å². The molecule has 2 N–H and O–H groups in total. The lowest BCUT2D eigenvalue weighted by molar-refractivity contribution is -0.143. The van der Waals surface area contributed by atoms with E-state index in [1.54, 1.807) is 23.1 Å². The molecule has 7 heteroatoms. The summed E-state index contributed by atoms with van der Waals surface area (Å²) in [5.41, 5.74) is 0.541. The third-order valence-electron chi connectivity index (χ3n) is 4.34. The number of nitrogens with zero attached hydrogens (tertiary/aromatic N) is 2. The van der Waals surface area contributed by atoms with E-state index in [1.807, 2.05) is 11.9 Å². The Kier molecular flexibility index (Phi) is 6.40. The normalized spacial score (nSPS) is 15.2. The Labute approximate surface area is 141 Å². The quantitative estimate of drug-likeness (QED) is 0.780. The molecule has 132 valence electrons. The fourth-order valence-corrected chi connectivity index (χ4v) is 2.83. The molecule has 0 unspecified atom stereocenters. The number of nitrogens with one attached hydrogen (secondary N) is 1. The van der Waals surface area contributed by atoms with Gasteiger partial charge in [-0.1, -0.05) is 12.1 Å². The van der Waals surface area contributed by atoms with Crippen LogP contribution in [-0.4, -0.2) is 55.2 Å². The number of rotatable bonds is 6. The van der Waals surface area contributed by atoms with Crippen molar-refractivity contribution in [2.45, 2.75) is 19.3 Å². The predicted molar refractivity (Wildman–Crippen MR) is 89.6 cm³/mol. The van der Waals surface area contributed by atoms with Gasteiger partial charge in [0.05, 0.1) is 11.6 Å². The van der Waals surface area contributed by atoms with Gasteiger partial charge in [-0.25, -0.2) is 9.18 Å². The number of aliphatic carboxylic acids is 1. The largest absolute Gasteiger partial charge is 0.481 e. The Bertz CT molecular complexity index is 574. The van der Waals surface area contributed by atoms with Crippen LogP contribution in [0.1, 0.15) is 19.3 Å². The summed E-state index contributed by atoms with van der Waals surface area (Å²) in [6.45, 7) is 2.06. The minimum Gasteiger partial charge on any atom is -0.481 e. The molecule has 6 nitrogen and oxygen atoms in total. The number of amides is 2. The van der Waals surface area contributed by atoms with Gasteiger partial charge in [0.2, 0.25) is 0 Å². The average Bonchev–Trinajstić information content (AvgIpc) is 2.58. The summed E-state index contributed by atoms with van der Waals surface area (Å²) in [6.07, 6.45) is 1.69. The standard InChI is InChI=1S/C17H24FN3O3/c1-20(15-6-3-2-5-14(15)18)10-4-9-19-17(24)21-11-7-13(8-12-21)16(22)23/h2-3,5-6,13H,4,7-12H2,1H3,(H,19,24)(H,22,23). The van der Waals surface area contributed by atoms with E-state index < -0.39 is 5.97 Å². The molecule has 1 aromatic rings. The van der Waals surface area contributed by atoms with Crippen LogP contribution in [0.2, 0.25) is 0 Å². The van der Waals surface area contributed by atoms with Crippen molar-refractivity contribution in [1.29, 1.82) is 0 Å². The van der Waals surface area contributed by atoms with Crippen LogP contribution in [0.25, 0.3) is 0 Å². The van der Waals surface area contributed by atoms with E-state index in [-0.39, 0.29) is 17.8 Å². The van der Waals surface area contributed by atoms with Gasteiger partial charge in [0.25, 0.3) is 0 Å². The summed E-state index contributed by atoms with van der Waals surface area (Å²) in [7, 11) is 1.82. The van der Waals surface area contributed by atoms with E-state index in [9.17, 15) is 14.0 Å². The Morgan fingerprint density at radius 2 is 2.00 bits per heavy atom. The van der Waals surface area contributed by atoms with Gasteiger partial charge in [-0.15, -0.1) is 0 Å². The number of hydrogen-bond donors (Lipinski definition) is 2. The van der Waals surface area contributed by atoms with Crippen LogP contribution in [0.4, 0.5) is 14.9 Å². The molecule has 2 rings (SSSR count). The number of hydrogen-bond acceptors (Lipinski definition) is 3. The second-order valence-corrected chi connectivity index (χ2v) is 6.06. The van der Waals surface area contributed by atoms with Crippen molar-refractivity contribution in [3.05, 3.63) is 30.1 Å². The zero-order chi connectivity index (χ0) is 17.5. The number of carboxylic acids is 1. The van der Waals surface area contributed by atoms with E-state index in [4.69, 9.17) is 5.11 Å². The van der Waals surface area contributed by atoms with E-state index in [0.29, 0.717) is 51.1 Å². The van der Waals surface area contributed by atoms with Crippen molar-refractivity contribution < 1.29 is 19.1 Å². The number of para-hydroxylation sites is 1. The second-order valence-electron chi connectivity index (χ2n) is 6.06. The van der Waals surface area contributed by atoms with Crippen LogP contribution < -0.4 is 10.2 Å². The van der Waals surface area contributed by atoms with Gasteiger partial charge in [-0.3, -0.25) is 4.79 Å². The fraction of sp³-hybridized carbons (Fsp3) is 0.529. The number of halogens is 1. The van der Waals surface area contributed by atoms with E-state index >= 15 is 0 Å². The molecule has 0 aromatic heterocycles. The summed E-state index contributed by atoms with van der Waals surface area (Å²) in [6, 6.07) is 6.43. The average molecular weight is 337 g/mol. The molecule has 1 aliphatic rings. The smallest absolute Gasteiger partial charge is 0.317 e. The third-order valence-corrected chi connectivity index (χ3v) is 4.34. The first-order chi connectivity index (χ1) is 11.5. The lowest BCUT2D eigenvalue weighted by atomic mass is 9.97. The zero-order valence-electron chi connectivity index (χ0n) is 13.9. The molecule has 24 heavy (non-hydrogen) atoms. The molecular weight excluding hydrogens is 313 g/mol. The van der Waals surface area contributed by atoms with E-state index in [2.05, 4.69) is 5.32 Å². The number of urea groups is 1. The minimum absolute atomic E-state index is 0.160. The van der Waals surface area contributed by atoms with Gasteiger partial charge in [-0.2, -0.15) is 0 Å². The Balaban J connectivity index is 1.66. The molecule has 0 aliphatic carbocycles. The summed E-state index contributed by atoms with van der Waals surface area (Å²) < 4.78 is 13.6. The van der Waals surface area contributed by atoms with Gasteiger partial charge in [0.1, 0.15) is 5.82 Å². The molecule has 0 saturated carbocycles. The molecule has 0 radical (unpaired) electrons. The number of carbonyl (C=O) groups excluding carboxylic acids is 1. The SMILES string of the molecule is CN(CCCNC(=O)N1CCC(C(=O)O)CC1)c1ccccc1F. The van der Waals surface area contributed by atoms with Crippen molar-refractivity contribution in [2.75, 3.05) is 38.1 Å². The highest BCUT2D eigenvalue weighted by Gasteiger charge is 2.26. The maximum atomic E-state index is 13.6. The molecule has 0 bridgehead atoms. The number of benzene rings is 1. The van der Waals surface area contributed by atoms with Crippen molar-refractivity contribution >= 4 is 17.7 Å². The van der Waals surface area contributed by atoms with Gasteiger partial charge in [-0.05, 0) is 31.4 Å². The van der Waals surface area contributed by atoms with Crippen LogP contribution in [0.3, 0.4) is 0 Å². The lowest BCUT2D eigenvalue weighted by Crippen LogP contribution is -2.46. The fourth-order valence-electron chi connectivity index (χ4n) is 2.83. The molecule has 2 amide bonds. The number of piperidine rings is 1. The van der Waals surface area contributed by atoms with Crippen LogP contribution >= 0.6 is 0 Å². The van der Waals surface area contributed by atoms with Crippen molar-refractivity contribution in [1.82, 2.24) is 10.2 Å². The summed E-state index contributed by atoms with van der Waals surface area (Å²) >= 11 is 0. The summed E-state index contributed by atoms with van der Waals surface area (Å²) in [4.78, 5) is 26.4. The van der Waals surface area contributed by atoms with Crippen LogP contribution in [0.15, 0.2) is 24.3 Å². The first-order valence-corrected chi connectivity index (χ1v) is 8.20. The Morgan fingerprint density at radius 3 is 2.62 bits per heavy atom. The Morgan fingerprint density at radius 1 is 1.33 bits per heavy atom. The molecule has 1 aliphatic heterocycles. The van der Waals surface area contributed by atoms with Crippen molar-refractivity contribution in [3.63, 3.8) is 0 Å². The number of likely N-dealkylation sites (tertiary alicyclic amines) is 1. The molecule has 1 saturated heterocycles.